The molecule has 3 nitrogen and oxygen atoms in total. The fourth-order valence-corrected chi connectivity index (χ4v) is 2.53. The van der Waals surface area contributed by atoms with Gasteiger partial charge in [0.2, 0.25) is 0 Å². The number of aryl methyl sites for hydroxylation is 4. The molecule has 2 heterocycles. The van der Waals surface area contributed by atoms with Crippen LogP contribution < -0.4 is 0 Å². The highest BCUT2D eigenvalue weighted by Crippen LogP contribution is 2.21. The van der Waals surface area contributed by atoms with E-state index in [0.717, 1.165) is 12.2 Å². The molecule has 0 N–H and O–H groups in total. The fraction of sp³-hybridized carbons (Fsp3) is 0.429. The second-order valence-corrected chi connectivity index (χ2v) is 4.91. The molecular weight excluding hydrogens is 210 g/mol. The lowest BCUT2D eigenvalue weighted by Gasteiger charge is -2.06. The van der Waals surface area contributed by atoms with Gasteiger partial charge in [-0.2, -0.15) is 5.10 Å². The van der Waals surface area contributed by atoms with Gasteiger partial charge in [0.05, 0.1) is 5.69 Å². The summed E-state index contributed by atoms with van der Waals surface area (Å²) in [4.78, 5) is 4.49. The lowest BCUT2D eigenvalue weighted by Crippen LogP contribution is -2.02. The Hall–Kier alpha value is -1.64. The number of aromatic nitrogens is 3. The predicted octanol–water partition coefficient (Wildman–Crippen LogP) is 2.76. The smallest absolute Gasteiger partial charge is 0.156 e. The van der Waals surface area contributed by atoms with E-state index in [1.54, 1.807) is 0 Å². The Bertz CT molecular complexity index is 531. The summed E-state index contributed by atoms with van der Waals surface area (Å²) in [5, 5.41) is 4.67. The Morgan fingerprint density at radius 3 is 2.76 bits per heavy atom. The Kier molecular flexibility index (Phi) is 2.46. The molecule has 0 amide bonds. The number of hydrogen-bond acceptors (Lipinski definition) is 2. The molecule has 0 radical (unpaired) electrons. The highest BCUT2D eigenvalue weighted by molar-refractivity contribution is 5.36. The van der Waals surface area contributed by atoms with Crippen molar-refractivity contribution in [2.24, 2.45) is 0 Å². The minimum absolute atomic E-state index is 0.963. The van der Waals surface area contributed by atoms with Gasteiger partial charge < -0.3 is 0 Å². The summed E-state index contributed by atoms with van der Waals surface area (Å²) in [7, 11) is 0. The maximum Gasteiger partial charge on any atom is 0.156 e. The highest BCUT2D eigenvalue weighted by Gasteiger charge is 2.15. The van der Waals surface area contributed by atoms with E-state index in [-0.39, 0.29) is 0 Å². The molecule has 0 saturated carbocycles. The number of pyridine rings is 1. The van der Waals surface area contributed by atoms with Gasteiger partial charge in [-0.15, -0.1) is 0 Å². The summed E-state index contributed by atoms with van der Waals surface area (Å²) in [6.45, 7) is 4.16. The normalized spacial score (nSPS) is 14.7. The molecule has 0 aliphatic heterocycles. The Morgan fingerprint density at radius 1 is 1.18 bits per heavy atom. The van der Waals surface area contributed by atoms with Gasteiger partial charge in [-0.25, -0.2) is 9.67 Å². The first-order valence-electron chi connectivity index (χ1n) is 6.25. The van der Waals surface area contributed by atoms with E-state index in [0.29, 0.717) is 0 Å². The van der Waals surface area contributed by atoms with E-state index in [2.05, 4.69) is 36.2 Å². The zero-order chi connectivity index (χ0) is 11.8. The molecule has 0 fully saturated rings. The summed E-state index contributed by atoms with van der Waals surface area (Å²) < 4.78 is 1.95. The van der Waals surface area contributed by atoms with Crippen molar-refractivity contribution < 1.29 is 0 Å². The quantitative estimate of drug-likeness (QED) is 0.750. The Balaban J connectivity index is 2.06. The van der Waals surface area contributed by atoms with Gasteiger partial charge in [-0.1, -0.05) is 6.07 Å². The molecule has 88 valence electrons. The molecule has 17 heavy (non-hydrogen) atoms. The first-order valence-corrected chi connectivity index (χ1v) is 6.25. The van der Waals surface area contributed by atoms with E-state index in [9.17, 15) is 0 Å². The van der Waals surface area contributed by atoms with Crippen molar-refractivity contribution in [1.29, 1.82) is 0 Å². The van der Waals surface area contributed by atoms with Crippen LogP contribution in [0, 0.1) is 13.8 Å². The molecule has 0 saturated heterocycles. The second-order valence-electron chi connectivity index (χ2n) is 4.91. The van der Waals surface area contributed by atoms with Crippen LogP contribution in [0.1, 0.15) is 35.2 Å². The molecule has 0 aromatic carbocycles. The molecule has 0 atom stereocenters. The van der Waals surface area contributed by atoms with Gasteiger partial charge in [0.15, 0.2) is 5.82 Å². The molecule has 2 aromatic rings. The Morgan fingerprint density at radius 2 is 2.00 bits per heavy atom. The summed E-state index contributed by atoms with van der Waals surface area (Å²) in [6.07, 6.45) is 8.90. The minimum Gasteiger partial charge on any atom is -0.237 e. The zero-order valence-corrected chi connectivity index (χ0v) is 10.4. The number of rotatable bonds is 1. The van der Waals surface area contributed by atoms with Crippen LogP contribution in [-0.2, 0) is 12.8 Å². The molecule has 3 heteroatoms. The van der Waals surface area contributed by atoms with Crippen LogP contribution in [0.5, 0.6) is 0 Å². The van der Waals surface area contributed by atoms with Crippen LogP contribution in [0.25, 0.3) is 5.82 Å². The van der Waals surface area contributed by atoms with E-state index in [1.807, 2.05) is 10.9 Å². The van der Waals surface area contributed by atoms with Gasteiger partial charge in [-0.05, 0) is 56.2 Å². The topological polar surface area (TPSA) is 30.7 Å². The zero-order valence-electron chi connectivity index (χ0n) is 10.4. The van der Waals surface area contributed by atoms with Crippen molar-refractivity contribution >= 4 is 0 Å². The van der Waals surface area contributed by atoms with Crippen molar-refractivity contribution in [3.63, 3.8) is 0 Å². The monoisotopic (exact) mass is 227 g/mol. The van der Waals surface area contributed by atoms with E-state index < -0.39 is 0 Å². The van der Waals surface area contributed by atoms with Crippen LogP contribution in [0.4, 0.5) is 0 Å². The van der Waals surface area contributed by atoms with Crippen LogP contribution in [0.2, 0.25) is 0 Å². The first-order chi connectivity index (χ1) is 8.24. The van der Waals surface area contributed by atoms with E-state index in [4.69, 9.17) is 0 Å². The molecular formula is C14H17N3. The van der Waals surface area contributed by atoms with Crippen molar-refractivity contribution in [3.8, 4) is 5.82 Å². The van der Waals surface area contributed by atoms with Crippen LogP contribution in [0.15, 0.2) is 18.5 Å². The number of fused-ring (bicyclic) bond motifs is 1. The molecule has 1 aliphatic rings. The maximum absolute atomic E-state index is 4.67. The third kappa shape index (κ3) is 1.86. The lowest BCUT2D eigenvalue weighted by atomic mass is 9.99. The molecule has 0 bridgehead atoms. The largest absolute Gasteiger partial charge is 0.237 e. The van der Waals surface area contributed by atoms with Crippen molar-refractivity contribution in [2.75, 3.05) is 0 Å². The molecule has 3 rings (SSSR count). The van der Waals surface area contributed by atoms with Crippen LogP contribution in [0.3, 0.4) is 0 Å². The fourth-order valence-electron chi connectivity index (χ4n) is 2.53. The predicted molar refractivity (Wildman–Crippen MR) is 67.5 cm³/mol. The van der Waals surface area contributed by atoms with Gasteiger partial charge in [0.1, 0.15) is 0 Å². The molecule has 1 aliphatic carbocycles. The standard InChI is InChI=1S/C14H17N3/c1-10-7-11(2)14(15-8-10)17-9-12-5-3-4-6-13(12)16-17/h7-9H,3-6H2,1-2H3. The minimum atomic E-state index is 0.963. The van der Waals surface area contributed by atoms with E-state index in [1.165, 1.54) is 41.6 Å². The third-order valence-electron chi connectivity index (χ3n) is 3.39. The first kappa shape index (κ1) is 10.5. The summed E-state index contributed by atoms with van der Waals surface area (Å²) in [6, 6.07) is 2.16. The average molecular weight is 227 g/mol. The van der Waals surface area contributed by atoms with Crippen LogP contribution >= 0.6 is 0 Å². The molecule has 0 unspecified atom stereocenters. The van der Waals surface area contributed by atoms with Gasteiger partial charge in [0.25, 0.3) is 0 Å². The SMILES string of the molecule is Cc1cnc(-n2cc3c(n2)CCCC3)c(C)c1. The van der Waals surface area contributed by atoms with Crippen molar-refractivity contribution in [1.82, 2.24) is 14.8 Å². The lowest BCUT2D eigenvalue weighted by molar-refractivity contribution is 0.670. The van der Waals surface area contributed by atoms with E-state index >= 15 is 0 Å². The maximum atomic E-state index is 4.67. The molecule has 0 spiro atoms. The number of nitrogens with zero attached hydrogens (tertiary/aromatic N) is 3. The van der Waals surface area contributed by atoms with Crippen LogP contribution in [-0.4, -0.2) is 14.8 Å². The summed E-state index contributed by atoms with van der Waals surface area (Å²) in [5.41, 5.74) is 5.05. The summed E-state index contributed by atoms with van der Waals surface area (Å²) in [5.74, 6) is 0.963. The van der Waals surface area contributed by atoms with Gasteiger partial charge in [0, 0.05) is 12.4 Å². The van der Waals surface area contributed by atoms with Gasteiger partial charge >= 0.3 is 0 Å². The summed E-state index contributed by atoms with van der Waals surface area (Å²) >= 11 is 0. The highest BCUT2D eigenvalue weighted by atomic mass is 15.3. The Labute approximate surface area is 101 Å². The average Bonchev–Trinajstić information content (AvgIpc) is 2.72. The number of hydrogen-bond donors (Lipinski definition) is 0. The molecule has 2 aromatic heterocycles. The second kappa shape index (κ2) is 3.99. The third-order valence-corrected chi connectivity index (χ3v) is 3.39. The van der Waals surface area contributed by atoms with Crippen molar-refractivity contribution in [3.05, 3.63) is 40.8 Å². The van der Waals surface area contributed by atoms with Crippen molar-refractivity contribution in [2.45, 2.75) is 39.5 Å². The van der Waals surface area contributed by atoms with Gasteiger partial charge in [-0.3, -0.25) is 0 Å².